The first kappa shape index (κ1) is 20.3. The predicted molar refractivity (Wildman–Crippen MR) is 115 cm³/mol. The summed E-state index contributed by atoms with van der Waals surface area (Å²) < 4.78 is 0. The molecule has 0 saturated carbocycles. The molecule has 0 aromatic heterocycles. The summed E-state index contributed by atoms with van der Waals surface area (Å²) in [6.45, 7) is 1.87. The fourth-order valence-electron chi connectivity index (χ4n) is 2.77. The van der Waals surface area contributed by atoms with Gasteiger partial charge in [0.25, 0.3) is 5.91 Å². The van der Waals surface area contributed by atoms with E-state index >= 15 is 0 Å². The van der Waals surface area contributed by atoms with Crippen molar-refractivity contribution in [2.75, 3.05) is 10.6 Å². The lowest BCUT2D eigenvalue weighted by Crippen LogP contribution is -2.17. The normalized spacial score (nSPS) is 10.3. The zero-order chi connectivity index (χ0) is 20.8. The Morgan fingerprint density at radius 3 is 2.17 bits per heavy atom. The average Bonchev–Trinajstić information content (AvgIpc) is 2.70. The molecular weight excluding hydrogens is 388 g/mol. The van der Waals surface area contributed by atoms with Crippen molar-refractivity contribution in [2.45, 2.75) is 13.3 Å². The number of halogens is 1. The highest BCUT2D eigenvalue weighted by Crippen LogP contribution is 2.21. The average molecular weight is 407 g/mol. The lowest BCUT2D eigenvalue weighted by Gasteiger charge is -2.09. The fraction of sp³-hybridized carbons (Fsp3) is 0.0870. The molecule has 5 nitrogen and oxygen atoms in total. The molecule has 0 radical (unpaired) electrons. The van der Waals surface area contributed by atoms with Crippen LogP contribution in [0.25, 0.3) is 0 Å². The molecule has 0 unspecified atom stereocenters. The van der Waals surface area contributed by atoms with Crippen LogP contribution < -0.4 is 10.6 Å². The van der Waals surface area contributed by atoms with E-state index in [1.165, 1.54) is 0 Å². The van der Waals surface area contributed by atoms with Crippen LogP contribution in [0.5, 0.6) is 0 Å². The Bertz CT molecular complexity index is 1060. The third-order valence-corrected chi connectivity index (χ3v) is 4.65. The third-order valence-electron chi connectivity index (χ3n) is 4.32. The summed E-state index contributed by atoms with van der Waals surface area (Å²) in [5.74, 6) is -0.993. The molecule has 0 spiro atoms. The van der Waals surface area contributed by atoms with Gasteiger partial charge in [-0.2, -0.15) is 0 Å². The van der Waals surface area contributed by atoms with E-state index in [1.54, 1.807) is 60.7 Å². The second-order valence-electron chi connectivity index (χ2n) is 6.47. The molecule has 0 atom stereocenters. The molecule has 2 amide bonds. The van der Waals surface area contributed by atoms with E-state index in [-0.39, 0.29) is 18.1 Å². The quantitative estimate of drug-likeness (QED) is 0.441. The number of para-hydroxylation sites is 1. The Morgan fingerprint density at radius 1 is 0.828 bits per heavy atom. The van der Waals surface area contributed by atoms with Gasteiger partial charge in [0.05, 0.1) is 17.1 Å². The standard InChI is InChI=1S/C23H19ClN2O3/c1-15-6-2-3-7-18(15)23(29)25-17-12-10-16(11-13-17)21(27)14-22(28)26-20-9-5-4-8-19(20)24/h2-13H,14H2,1H3,(H,25,29)(H,26,28). The molecule has 0 aliphatic heterocycles. The van der Waals surface area contributed by atoms with Crippen molar-refractivity contribution >= 4 is 40.6 Å². The first-order valence-electron chi connectivity index (χ1n) is 8.98. The molecule has 0 aliphatic rings. The number of ketones is 1. The molecule has 6 heteroatoms. The van der Waals surface area contributed by atoms with Crippen LogP contribution in [0.3, 0.4) is 0 Å². The predicted octanol–water partition coefficient (Wildman–Crippen LogP) is 5.11. The van der Waals surface area contributed by atoms with E-state index in [1.807, 2.05) is 19.1 Å². The second kappa shape index (κ2) is 9.17. The molecule has 3 aromatic rings. The number of carbonyl (C=O) groups excluding carboxylic acids is 3. The Kier molecular flexibility index (Phi) is 6.42. The number of benzene rings is 3. The number of rotatable bonds is 6. The van der Waals surface area contributed by atoms with E-state index < -0.39 is 5.91 Å². The van der Waals surface area contributed by atoms with Gasteiger partial charge < -0.3 is 10.6 Å². The van der Waals surface area contributed by atoms with Gasteiger partial charge in [0.2, 0.25) is 5.91 Å². The largest absolute Gasteiger partial charge is 0.324 e. The lowest BCUT2D eigenvalue weighted by atomic mass is 10.1. The van der Waals surface area contributed by atoms with Gasteiger partial charge >= 0.3 is 0 Å². The molecular formula is C23H19ClN2O3. The number of carbonyl (C=O) groups is 3. The number of hydrogen-bond acceptors (Lipinski definition) is 3. The third kappa shape index (κ3) is 5.30. The van der Waals surface area contributed by atoms with Gasteiger partial charge in [-0.25, -0.2) is 0 Å². The van der Waals surface area contributed by atoms with Crippen molar-refractivity contribution < 1.29 is 14.4 Å². The summed E-state index contributed by atoms with van der Waals surface area (Å²) >= 11 is 6.00. The number of anilines is 2. The fourth-order valence-corrected chi connectivity index (χ4v) is 2.95. The van der Waals surface area contributed by atoms with Crippen LogP contribution in [0.1, 0.15) is 32.7 Å². The molecule has 3 rings (SSSR count). The molecule has 3 aromatic carbocycles. The smallest absolute Gasteiger partial charge is 0.255 e. The van der Waals surface area contributed by atoms with E-state index in [0.717, 1.165) is 5.56 Å². The topological polar surface area (TPSA) is 75.3 Å². The van der Waals surface area contributed by atoms with E-state index in [0.29, 0.717) is 27.5 Å². The summed E-state index contributed by atoms with van der Waals surface area (Å²) in [7, 11) is 0. The number of aryl methyl sites for hydroxylation is 1. The minimum Gasteiger partial charge on any atom is -0.324 e. The Morgan fingerprint density at radius 2 is 1.48 bits per heavy atom. The monoisotopic (exact) mass is 406 g/mol. The maximum absolute atomic E-state index is 12.4. The van der Waals surface area contributed by atoms with Crippen LogP contribution in [-0.4, -0.2) is 17.6 Å². The van der Waals surface area contributed by atoms with Crippen molar-refractivity contribution in [3.63, 3.8) is 0 Å². The van der Waals surface area contributed by atoms with Crippen molar-refractivity contribution in [3.8, 4) is 0 Å². The molecule has 0 heterocycles. The van der Waals surface area contributed by atoms with Gasteiger partial charge in [0.15, 0.2) is 5.78 Å². The SMILES string of the molecule is Cc1ccccc1C(=O)Nc1ccc(C(=O)CC(=O)Nc2ccccc2Cl)cc1. The van der Waals surface area contributed by atoms with Gasteiger partial charge in [-0.1, -0.05) is 41.9 Å². The van der Waals surface area contributed by atoms with E-state index in [2.05, 4.69) is 10.6 Å². The van der Waals surface area contributed by atoms with E-state index in [4.69, 9.17) is 11.6 Å². The highest BCUT2D eigenvalue weighted by molar-refractivity contribution is 6.33. The van der Waals surface area contributed by atoms with Gasteiger partial charge in [-0.05, 0) is 55.0 Å². The minimum atomic E-state index is -0.444. The number of nitrogens with one attached hydrogen (secondary N) is 2. The Balaban J connectivity index is 1.60. The van der Waals surface area contributed by atoms with Crippen LogP contribution in [0.4, 0.5) is 11.4 Å². The van der Waals surface area contributed by atoms with Crippen molar-refractivity contribution in [1.29, 1.82) is 0 Å². The lowest BCUT2D eigenvalue weighted by molar-refractivity contribution is -0.115. The van der Waals surface area contributed by atoms with Crippen LogP contribution in [0.15, 0.2) is 72.8 Å². The maximum Gasteiger partial charge on any atom is 0.255 e. The second-order valence-corrected chi connectivity index (χ2v) is 6.88. The zero-order valence-electron chi connectivity index (χ0n) is 15.7. The summed E-state index contributed by atoms with van der Waals surface area (Å²) in [4.78, 5) is 36.8. The number of Topliss-reactive ketones (excluding diaryl/α,β-unsaturated/α-hetero) is 1. The van der Waals surface area contributed by atoms with Gasteiger partial charge in [0, 0.05) is 16.8 Å². The zero-order valence-corrected chi connectivity index (χ0v) is 16.5. The first-order chi connectivity index (χ1) is 13.9. The van der Waals surface area contributed by atoms with Gasteiger partial charge in [-0.15, -0.1) is 0 Å². The molecule has 2 N–H and O–H groups in total. The van der Waals surface area contributed by atoms with Crippen molar-refractivity contribution in [3.05, 3.63) is 94.5 Å². The summed E-state index contributed by atoms with van der Waals surface area (Å²) in [5.41, 5.74) is 2.87. The number of hydrogen-bond donors (Lipinski definition) is 2. The van der Waals surface area contributed by atoms with Crippen molar-refractivity contribution in [1.82, 2.24) is 0 Å². The summed E-state index contributed by atoms with van der Waals surface area (Å²) in [6, 6.07) is 20.5. The molecule has 0 fully saturated rings. The van der Waals surface area contributed by atoms with Gasteiger partial charge in [0.1, 0.15) is 0 Å². The molecule has 146 valence electrons. The van der Waals surface area contributed by atoms with Crippen LogP contribution in [0, 0.1) is 6.92 Å². The molecule has 0 aliphatic carbocycles. The van der Waals surface area contributed by atoms with Crippen LogP contribution in [-0.2, 0) is 4.79 Å². The molecule has 0 bridgehead atoms. The van der Waals surface area contributed by atoms with Crippen molar-refractivity contribution in [2.24, 2.45) is 0 Å². The van der Waals surface area contributed by atoms with Crippen LogP contribution >= 0.6 is 11.6 Å². The minimum absolute atomic E-state index is 0.221. The first-order valence-corrected chi connectivity index (χ1v) is 9.36. The Hall–Kier alpha value is -3.44. The maximum atomic E-state index is 12.4. The van der Waals surface area contributed by atoms with Gasteiger partial charge in [-0.3, -0.25) is 14.4 Å². The number of amides is 2. The highest BCUT2D eigenvalue weighted by atomic mass is 35.5. The molecule has 29 heavy (non-hydrogen) atoms. The summed E-state index contributed by atoms with van der Waals surface area (Å²) in [5, 5.41) is 5.83. The highest BCUT2D eigenvalue weighted by Gasteiger charge is 2.14. The van der Waals surface area contributed by atoms with Crippen LogP contribution in [0.2, 0.25) is 5.02 Å². The van der Waals surface area contributed by atoms with E-state index in [9.17, 15) is 14.4 Å². The molecule has 0 saturated heterocycles. The summed E-state index contributed by atoms with van der Waals surface area (Å²) in [6.07, 6.45) is -0.305. The Labute approximate surface area is 173 Å².